The van der Waals surface area contributed by atoms with Gasteiger partial charge in [0, 0.05) is 0 Å². The molecule has 0 bridgehead atoms. The lowest BCUT2D eigenvalue weighted by atomic mass is 10.2. The van der Waals surface area contributed by atoms with Gasteiger partial charge in [-0.25, -0.2) is 4.39 Å². The molecule has 0 fully saturated rings. The van der Waals surface area contributed by atoms with Gasteiger partial charge in [0.25, 0.3) is 5.95 Å². The van der Waals surface area contributed by atoms with E-state index in [4.69, 9.17) is 26.8 Å². The zero-order valence-corrected chi connectivity index (χ0v) is 15.3. The lowest BCUT2D eigenvalue weighted by molar-refractivity contribution is 0.269. The maximum absolute atomic E-state index is 13.0. The van der Waals surface area contributed by atoms with Crippen LogP contribution in [-0.2, 0) is 13.2 Å². The number of halogens is 2. The van der Waals surface area contributed by atoms with Crippen LogP contribution in [0.5, 0.6) is 11.5 Å². The van der Waals surface area contributed by atoms with Crippen LogP contribution in [0.4, 0.5) is 10.3 Å². The first-order chi connectivity index (χ1) is 13.1. The van der Waals surface area contributed by atoms with Gasteiger partial charge in [-0.3, -0.25) is 0 Å². The van der Waals surface area contributed by atoms with E-state index in [9.17, 15) is 4.39 Å². The maximum atomic E-state index is 13.0. The van der Waals surface area contributed by atoms with E-state index in [-0.39, 0.29) is 18.4 Å². The quantitative estimate of drug-likeness (QED) is 0.607. The van der Waals surface area contributed by atoms with Crippen molar-refractivity contribution in [3.8, 4) is 11.5 Å². The monoisotopic (exact) mass is 392 g/mol. The van der Waals surface area contributed by atoms with Crippen molar-refractivity contribution in [3.05, 3.63) is 58.4 Å². The zero-order chi connectivity index (χ0) is 19.2. The number of tetrazole rings is 1. The summed E-state index contributed by atoms with van der Waals surface area (Å²) in [6.45, 7) is 2.91. The summed E-state index contributed by atoms with van der Waals surface area (Å²) < 4.78 is 24.5. The van der Waals surface area contributed by atoms with Gasteiger partial charge in [-0.2, -0.15) is 0 Å². The molecule has 1 heterocycles. The normalized spacial score (nSPS) is 10.6. The summed E-state index contributed by atoms with van der Waals surface area (Å²) >= 11 is 6.39. The lowest BCUT2D eigenvalue weighted by Crippen LogP contribution is -2.18. The van der Waals surface area contributed by atoms with Crippen LogP contribution in [0, 0.1) is 5.82 Å². The number of aromatic nitrogens is 4. The minimum atomic E-state index is -0.299. The average Bonchev–Trinajstić information content (AvgIpc) is 3.06. The Balaban J connectivity index is 1.74. The van der Waals surface area contributed by atoms with E-state index >= 15 is 0 Å². The first-order valence-corrected chi connectivity index (χ1v) is 8.54. The molecule has 2 aromatic carbocycles. The second-order valence-corrected chi connectivity index (χ2v) is 5.94. The fraction of sp³-hybridized carbons (Fsp3) is 0.235. The number of nitrogens with zero attached hydrogens (tertiary/aromatic N) is 4. The Labute approximate surface area is 160 Å². The predicted octanol–water partition coefficient (Wildman–Crippen LogP) is 2.77. The van der Waals surface area contributed by atoms with Crippen LogP contribution < -0.4 is 20.6 Å². The molecule has 3 rings (SSSR count). The Morgan fingerprint density at radius 3 is 2.63 bits per heavy atom. The van der Waals surface area contributed by atoms with Crippen molar-refractivity contribution in [2.45, 2.75) is 20.1 Å². The van der Waals surface area contributed by atoms with Gasteiger partial charge < -0.3 is 20.6 Å². The van der Waals surface area contributed by atoms with Crippen molar-refractivity contribution in [1.82, 2.24) is 20.3 Å². The maximum Gasteiger partial charge on any atom is 0.260 e. The number of hydrogen-bond donors (Lipinski definition) is 2. The highest BCUT2D eigenvalue weighted by Crippen LogP contribution is 2.37. The van der Waals surface area contributed by atoms with Gasteiger partial charge in [0.1, 0.15) is 12.4 Å². The molecule has 3 N–H and O–H groups in total. The number of ether oxygens (including phenoxy) is 2. The van der Waals surface area contributed by atoms with Gasteiger partial charge in [0.2, 0.25) is 0 Å². The molecule has 0 unspecified atom stereocenters. The first-order valence-electron chi connectivity index (χ1n) is 8.17. The highest BCUT2D eigenvalue weighted by Gasteiger charge is 2.13. The molecule has 1 aromatic heterocycles. The predicted molar refractivity (Wildman–Crippen MR) is 98.6 cm³/mol. The third kappa shape index (κ3) is 4.76. The molecule has 3 aromatic rings. The molecule has 0 radical (unpaired) electrons. The summed E-state index contributed by atoms with van der Waals surface area (Å²) in [6.07, 6.45) is 0. The molecule has 0 aliphatic carbocycles. The number of nitrogens with one attached hydrogen (secondary N) is 1. The van der Waals surface area contributed by atoms with Crippen LogP contribution >= 0.6 is 11.6 Å². The Morgan fingerprint density at radius 1 is 1.19 bits per heavy atom. The molecule has 142 valence electrons. The Hall–Kier alpha value is -3.07. The fourth-order valence-electron chi connectivity index (χ4n) is 2.34. The van der Waals surface area contributed by atoms with E-state index < -0.39 is 0 Å². The minimum absolute atomic E-state index is 0.144. The Kier molecular flexibility index (Phi) is 5.92. The van der Waals surface area contributed by atoms with Crippen LogP contribution in [0.2, 0.25) is 5.02 Å². The standard InChI is InChI=1S/C17H18ClFN6O2/c1-2-26-15-8-12(9-21-25-17(20)22-23-24-25)7-14(18)16(15)27-10-11-3-5-13(19)6-4-11/h3-8,21H,2,9-10H2,1H3,(H2,20,22,24). The van der Waals surface area contributed by atoms with E-state index in [0.29, 0.717) is 29.7 Å². The molecular formula is C17H18ClFN6O2. The molecule has 0 atom stereocenters. The lowest BCUT2D eigenvalue weighted by Gasteiger charge is -2.16. The van der Waals surface area contributed by atoms with Crippen molar-refractivity contribution in [2.24, 2.45) is 0 Å². The Bertz CT molecular complexity index is 903. The summed E-state index contributed by atoms with van der Waals surface area (Å²) in [6, 6.07) is 9.61. The van der Waals surface area contributed by atoms with Gasteiger partial charge in [-0.05, 0) is 52.7 Å². The van der Waals surface area contributed by atoms with E-state index in [0.717, 1.165) is 11.1 Å². The minimum Gasteiger partial charge on any atom is -0.490 e. The van der Waals surface area contributed by atoms with E-state index in [2.05, 4.69) is 21.0 Å². The highest BCUT2D eigenvalue weighted by molar-refractivity contribution is 6.32. The number of anilines is 1. The molecule has 0 aliphatic rings. The number of benzene rings is 2. The first kappa shape index (κ1) is 18.7. The molecular weight excluding hydrogens is 375 g/mol. The summed E-state index contributed by atoms with van der Waals surface area (Å²) in [5, 5.41) is 11.1. The van der Waals surface area contributed by atoms with Crippen molar-refractivity contribution < 1.29 is 13.9 Å². The zero-order valence-electron chi connectivity index (χ0n) is 14.5. The van der Waals surface area contributed by atoms with Crippen LogP contribution in [0.25, 0.3) is 0 Å². The van der Waals surface area contributed by atoms with Crippen molar-refractivity contribution in [3.63, 3.8) is 0 Å². The van der Waals surface area contributed by atoms with Crippen molar-refractivity contribution in [1.29, 1.82) is 0 Å². The second-order valence-electron chi connectivity index (χ2n) is 5.54. The number of rotatable bonds is 8. The van der Waals surface area contributed by atoms with Gasteiger partial charge >= 0.3 is 0 Å². The molecule has 8 nitrogen and oxygen atoms in total. The van der Waals surface area contributed by atoms with E-state index in [1.165, 1.54) is 16.9 Å². The SMILES string of the molecule is CCOc1cc(CNn2nnnc2N)cc(Cl)c1OCc1ccc(F)cc1. The topological polar surface area (TPSA) is 100 Å². The number of nitrogen functional groups attached to an aromatic ring is 1. The molecule has 0 spiro atoms. The smallest absolute Gasteiger partial charge is 0.260 e. The summed E-state index contributed by atoms with van der Waals surface area (Å²) in [5.41, 5.74) is 10.2. The molecule has 0 saturated carbocycles. The number of nitrogens with two attached hydrogens (primary N) is 1. The largest absolute Gasteiger partial charge is 0.490 e. The van der Waals surface area contributed by atoms with Crippen LogP contribution in [0.1, 0.15) is 18.1 Å². The van der Waals surface area contributed by atoms with E-state index in [1.807, 2.05) is 13.0 Å². The Morgan fingerprint density at radius 2 is 1.96 bits per heavy atom. The van der Waals surface area contributed by atoms with E-state index in [1.54, 1.807) is 18.2 Å². The van der Waals surface area contributed by atoms with Crippen LogP contribution in [0.15, 0.2) is 36.4 Å². The summed E-state index contributed by atoms with van der Waals surface area (Å²) in [4.78, 5) is 1.26. The number of hydrogen-bond acceptors (Lipinski definition) is 7. The van der Waals surface area contributed by atoms with Gasteiger partial charge in [0.15, 0.2) is 11.5 Å². The summed E-state index contributed by atoms with van der Waals surface area (Å²) in [7, 11) is 0. The average molecular weight is 393 g/mol. The highest BCUT2D eigenvalue weighted by atomic mass is 35.5. The van der Waals surface area contributed by atoms with Gasteiger partial charge in [0.05, 0.1) is 18.2 Å². The molecule has 0 amide bonds. The molecule has 10 heteroatoms. The third-order valence-electron chi connectivity index (χ3n) is 3.59. The third-order valence-corrected chi connectivity index (χ3v) is 3.87. The van der Waals surface area contributed by atoms with Crippen LogP contribution in [-0.4, -0.2) is 26.9 Å². The van der Waals surface area contributed by atoms with Crippen LogP contribution in [0.3, 0.4) is 0 Å². The van der Waals surface area contributed by atoms with Gasteiger partial charge in [-0.1, -0.05) is 28.8 Å². The molecule has 0 saturated heterocycles. The molecule has 0 aliphatic heterocycles. The van der Waals surface area contributed by atoms with Crippen molar-refractivity contribution >= 4 is 17.5 Å². The fourth-order valence-corrected chi connectivity index (χ4v) is 2.62. The summed E-state index contributed by atoms with van der Waals surface area (Å²) in [5.74, 6) is 0.777. The van der Waals surface area contributed by atoms with Gasteiger partial charge in [-0.15, -0.1) is 4.79 Å². The van der Waals surface area contributed by atoms with Crippen molar-refractivity contribution in [2.75, 3.05) is 17.8 Å². The molecule has 27 heavy (non-hydrogen) atoms. The second kappa shape index (κ2) is 8.54.